The molecule has 0 bridgehead atoms. The second kappa shape index (κ2) is 10.4. The van der Waals surface area contributed by atoms with Crippen LogP contribution in [0.5, 0.6) is 0 Å². The minimum Gasteiger partial charge on any atom is -0.350 e. The maximum absolute atomic E-state index is 13.2. The van der Waals surface area contributed by atoms with Crippen molar-refractivity contribution in [1.29, 1.82) is 0 Å². The number of carbonyl (C=O) groups excluding carboxylic acids is 3. The Morgan fingerprint density at radius 3 is 2.50 bits per heavy atom. The number of nitrogens with one attached hydrogen (secondary N) is 2. The fourth-order valence-corrected chi connectivity index (χ4v) is 4.69. The van der Waals surface area contributed by atoms with E-state index in [-0.39, 0.29) is 23.6 Å². The van der Waals surface area contributed by atoms with Crippen LogP contribution in [0.2, 0.25) is 0 Å². The van der Waals surface area contributed by atoms with Gasteiger partial charge < -0.3 is 15.5 Å². The third-order valence-corrected chi connectivity index (χ3v) is 6.42. The van der Waals surface area contributed by atoms with E-state index in [0.29, 0.717) is 19.5 Å². The van der Waals surface area contributed by atoms with Gasteiger partial charge in [0.05, 0.1) is 0 Å². The summed E-state index contributed by atoms with van der Waals surface area (Å²) in [5.41, 5.74) is 2.47. The number of amides is 3. The molecular formula is C26H31N3O3. The molecule has 1 atom stereocenters. The van der Waals surface area contributed by atoms with Gasteiger partial charge in [0, 0.05) is 31.1 Å². The van der Waals surface area contributed by atoms with Gasteiger partial charge in [0.2, 0.25) is 17.7 Å². The Kier molecular flexibility index (Phi) is 7.20. The Morgan fingerprint density at radius 2 is 1.75 bits per heavy atom. The number of piperidine rings is 1. The molecule has 32 heavy (non-hydrogen) atoms. The van der Waals surface area contributed by atoms with Crippen molar-refractivity contribution in [3.05, 3.63) is 65.7 Å². The molecule has 0 aromatic heterocycles. The van der Waals surface area contributed by atoms with Crippen LogP contribution in [0.25, 0.3) is 0 Å². The van der Waals surface area contributed by atoms with Gasteiger partial charge in [0.25, 0.3) is 0 Å². The van der Waals surface area contributed by atoms with Crippen molar-refractivity contribution in [2.45, 2.75) is 57.5 Å². The Balaban J connectivity index is 1.42. The molecular weight excluding hydrogens is 402 g/mol. The first-order chi connectivity index (χ1) is 15.6. The second-order valence-electron chi connectivity index (χ2n) is 8.75. The third-order valence-electron chi connectivity index (χ3n) is 6.42. The molecule has 1 saturated carbocycles. The quantitative estimate of drug-likeness (QED) is 0.687. The molecule has 1 heterocycles. The van der Waals surface area contributed by atoms with Crippen LogP contribution >= 0.6 is 0 Å². The number of hydrogen-bond acceptors (Lipinski definition) is 3. The highest BCUT2D eigenvalue weighted by molar-refractivity contribution is 5.93. The summed E-state index contributed by atoms with van der Waals surface area (Å²) in [6, 6.07) is 16.4. The number of anilines is 1. The molecule has 2 aliphatic rings. The molecule has 2 aromatic carbocycles. The maximum Gasteiger partial charge on any atom is 0.247 e. The Hall–Kier alpha value is -3.15. The highest BCUT2D eigenvalue weighted by atomic mass is 16.2. The van der Waals surface area contributed by atoms with Gasteiger partial charge in [-0.1, -0.05) is 55.3 Å². The molecule has 1 unspecified atom stereocenters. The monoisotopic (exact) mass is 433 g/mol. The molecule has 3 amide bonds. The van der Waals surface area contributed by atoms with E-state index >= 15 is 0 Å². The Bertz CT molecular complexity index is 954. The lowest BCUT2D eigenvalue weighted by molar-refractivity contribution is -0.142. The van der Waals surface area contributed by atoms with Crippen LogP contribution in [0.4, 0.5) is 5.69 Å². The molecule has 4 rings (SSSR count). The minimum atomic E-state index is -0.630. The first kappa shape index (κ1) is 22.1. The van der Waals surface area contributed by atoms with Gasteiger partial charge >= 0.3 is 0 Å². The summed E-state index contributed by atoms with van der Waals surface area (Å²) in [7, 11) is 0. The van der Waals surface area contributed by atoms with Crippen LogP contribution in [0.3, 0.4) is 0 Å². The van der Waals surface area contributed by atoms with Crippen molar-refractivity contribution in [3.63, 3.8) is 0 Å². The number of hydrogen-bond donors (Lipinski definition) is 2. The van der Waals surface area contributed by atoms with E-state index in [9.17, 15) is 14.4 Å². The minimum absolute atomic E-state index is 0.0249. The molecule has 2 aromatic rings. The van der Waals surface area contributed by atoms with Crippen molar-refractivity contribution in [1.82, 2.24) is 10.2 Å². The van der Waals surface area contributed by atoms with Gasteiger partial charge in [-0.25, -0.2) is 0 Å². The van der Waals surface area contributed by atoms with Crippen LogP contribution in [0, 0.1) is 5.92 Å². The standard InChI is InChI=1S/C26H31N3O3/c30-23-15-6-7-16-29(23)24(20-10-2-1-3-11-20)26(32)27-18-19-9-8-14-22(17-19)28-25(31)21-12-4-5-13-21/h1-3,8-11,14,17,21,24H,4-7,12-13,15-16,18H2,(H,27,32)(H,28,31). The van der Waals surface area contributed by atoms with Gasteiger partial charge in [0.1, 0.15) is 6.04 Å². The number of rotatable bonds is 7. The lowest BCUT2D eigenvalue weighted by Gasteiger charge is -2.34. The van der Waals surface area contributed by atoms with E-state index in [4.69, 9.17) is 0 Å². The van der Waals surface area contributed by atoms with E-state index in [1.807, 2.05) is 54.6 Å². The van der Waals surface area contributed by atoms with Crippen LogP contribution in [0.1, 0.15) is 62.1 Å². The molecule has 2 N–H and O–H groups in total. The van der Waals surface area contributed by atoms with Gasteiger partial charge in [0.15, 0.2) is 0 Å². The maximum atomic E-state index is 13.2. The van der Waals surface area contributed by atoms with Gasteiger partial charge in [-0.05, 0) is 48.9 Å². The first-order valence-corrected chi connectivity index (χ1v) is 11.6. The molecule has 1 saturated heterocycles. The van der Waals surface area contributed by atoms with Crippen LogP contribution in [0.15, 0.2) is 54.6 Å². The Labute approximate surface area is 189 Å². The highest BCUT2D eigenvalue weighted by Crippen LogP contribution is 2.27. The molecule has 6 heteroatoms. The van der Waals surface area contributed by atoms with Crippen LogP contribution < -0.4 is 10.6 Å². The summed E-state index contributed by atoms with van der Waals surface area (Å²) in [6.45, 7) is 0.922. The normalized spacial score (nSPS) is 17.8. The molecule has 2 fully saturated rings. The molecule has 6 nitrogen and oxygen atoms in total. The lowest BCUT2D eigenvalue weighted by atomic mass is 10.0. The van der Waals surface area contributed by atoms with Crippen LogP contribution in [-0.4, -0.2) is 29.2 Å². The smallest absolute Gasteiger partial charge is 0.247 e. The lowest BCUT2D eigenvalue weighted by Crippen LogP contribution is -2.45. The average Bonchev–Trinajstić information content (AvgIpc) is 3.35. The highest BCUT2D eigenvalue weighted by Gasteiger charge is 2.32. The zero-order valence-corrected chi connectivity index (χ0v) is 18.4. The fraction of sp³-hybridized carbons (Fsp3) is 0.423. The summed E-state index contributed by atoms with van der Waals surface area (Å²) in [4.78, 5) is 39.9. The summed E-state index contributed by atoms with van der Waals surface area (Å²) in [5.74, 6) is 0.0206. The average molecular weight is 434 g/mol. The zero-order valence-electron chi connectivity index (χ0n) is 18.4. The van der Waals surface area contributed by atoms with Gasteiger partial charge in [-0.15, -0.1) is 0 Å². The van der Waals surface area contributed by atoms with E-state index in [0.717, 1.165) is 55.3 Å². The van der Waals surface area contributed by atoms with E-state index in [2.05, 4.69) is 10.6 Å². The molecule has 168 valence electrons. The van der Waals surface area contributed by atoms with Crippen LogP contribution in [-0.2, 0) is 20.9 Å². The topological polar surface area (TPSA) is 78.5 Å². The molecule has 0 spiro atoms. The van der Waals surface area contributed by atoms with Gasteiger partial charge in [-0.3, -0.25) is 14.4 Å². The van der Waals surface area contributed by atoms with Crippen molar-refractivity contribution >= 4 is 23.4 Å². The second-order valence-corrected chi connectivity index (χ2v) is 8.75. The summed E-state index contributed by atoms with van der Waals surface area (Å²) in [6.07, 6.45) is 6.41. The van der Waals surface area contributed by atoms with Crippen molar-refractivity contribution in [2.75, 3.05) is 11.9 Å². The summed E-state index contributed by atoms with van der Waals surface area (Å²) in [5, 5.41) is 6.02. The first-order valence-electron chi connectivity index (χ1n) is 11.6. The number of likely N-dealkylation sites (tertiary alicyclic amines) is 1. The fourth-order valence-electron chi connectivity index (χ4n) is 4.69. The van der Waals surface area contributed by atoms with Crippen molar-refractivity contribution < 1.29 is 14.4 Å². The summed E-state index contributed by atoms with van der Waals surface area (Å²) < 4.78 is 0. The molecule has 1 aliphatic heterocycles. The molecule has 0 radical (unpaired) electrons. The van der Waals surface area contributed by atoms with Crippen molar-refractivity contribution in [2.24, 2.45) is 5.92 Å². The number of benzene rings is 2. The third kappa shape index (κ3) is 5.36. The van der Waals surface area contributed by atoms with Crippen molar-refractivity contribution in [3.8, 4) is 0 Å². The number of nitrogens with zero attached hydrogens (tertiary/aromatic N) is 1. The Morgan fingerprint density at radius 1 is 0.969 bits per heavy atom. The summed E-state index contributed by atoms with van der Waals surface area (Å²) >= 11 is 0. The molecule has 1 aliphatic carbocycles. The zero-order chi connectivity index (χ0) is 22.3. The van der Waals surface area contributed by atoms with E-state index < -0.39 is 6.04 Å². The predicted molar refractivity (Wildman–Crippen MR) is 124 cm³/mol. The van der Waals surface area contributed by atoms with E-state index in [1.54, 1.807) is 4.90 Å². The van der Waals surface area contributed by atoms with Gasteiger partial charge in [-0.2, -0.15) is 0 Å². The SMILES string of the molecule is O=C(Nc1cccc(CNC(=O)C(c2ccccc2)N2CCCCC2=O)c1)C1CCCC1. The number of carbonyl (C=O) groups is 3. The van der Waals surface area contributed by atoms with E-state index in [1.165, 1.54) is 0 Å². The largest absolute Gasteiger partial charge is 0.350 e. The predicted octanol–water partition coefficient (Wildman–Crippen LogP) is 4.19.